The first kappa shape index (κ1) is 16.0. The van der Waals surface area contributed by atoms with Crippen molar-refractivity contribution in [2.75, 3.05) is 24.7 Å². The third-order valence-corrected chi connectivity index (χ3v) is 5.63. The molecule has 0 amide bonds. The van der Waals surface area contributed by atoms with Gasteiger partial charge in [0, 0.05) is 31.1 Å². The first-order valence-electron chi connectivity index (χ1n) is 9.32. The number of hydrogen-bond donors (Lipinski definition) is 1. The van der Waals surface area contributed by atoms with Gasteiger partial charge in [0.05, 0.1) is 18.9 Å². The molecule has 0 saturated carbocycles. The molecule has 5 heterocycles. The highest BCUT2D eigenvalue weighted by atomic mass is 19.1. The molecule has 7 nitrogen and oxygen atoms in total. The molecular formula is C18H22FN5O2. The zero-order chi connectivity index (χ0) is 17.8. The summed E-state index contributed by atoms with van der Waals surface area (Å²) >= 11 is 0. The van der Waals surface area contributed by atoms with Crippen molar-refractivity contribution in [1.82, 2.24) is 20.3 Å². The lowest BCUT2D eigenvalue weighted by atomic mass is 10.0. The molecule has 0 aliphatic carbocycles. The molecule has 2 fully saturated rings. The van der Waals surface area contributed by atoms with Gasteiger partial charge in [0.25, 0.3) is 0 Å². The highest BCUT2D eigenvalue weighted by Gasteiger charge is 2.42. The normalized spacial score (nSPS) is 26.9. The fraction of sp³-hybridized carbons (Fsp3) is 0.611. The van der Waals surface area contributed by atoms with Crippen LogP contribution in [0.5, 0.6) is 11.9 Å². The highest BCUT2D eigenvalue weighted by molar-refractivity contribution is 5.95. The van der Waals surface area contributed by atoms with Crippen molar-refractivity contribution in [3.63, 3.8) is 0 Å². The first-order chi connectivity index (χ1) is 12.7. The van der Waals surface area contributed by atoms with E-state index in [2.05, 4.69) is 25.2 Å². The molecule has 2 bridgehead atoms. The van der Waals surface area contributed by atoms with Crippen LogP contribution in [0, 0.1) is 12.7 Å². The van der Waals surface area contributed by atoms with Gasteiger partial charge in [0.15, 0.2) is 5.82 Å². The summed E-state index contributed by atoms with van der Waals surface area (Å²) in [5, 5.41) is 4.25. The van der Waals surface area contributed by atoms with Crippen molar-refractivity contribution >= 4 is 16.7 Å². The van der Waals surface area contributed by atoms with Gasteiger partial charge in [-0.15, -0.1) is 0 Å². The van der Waals surface area contributed by atoms with Crippen molar-refractivity contribution in [2.45, 2.75) is 51.2 Å². The summed E-state index contributed by atoms with van der Waals surface area (Å²) in [5.41, 5.74) is 0.504. The van der Waals surface area contributed by atoms with Crippen molar-refractivity contribution in [1.29, 1.82) is 0 Å². The van der Waals surface area contributed by atoms with E-state index in [0.717, 1.165) is 25.8 Å². The Morgan fingerprint density at radius 2 is 2.15 bits per heavy atom. The summed E-state index contributed by atoms with van der Waals surface area (Å²) in [6.07, 6.45) is 3.17. The summed E-state index contributed by atoms with van der Waals surface area (Å²) in [7, 11) is 0. The van der Waals surface area contributed by atoms with Crippen LogP contribution in [0.15, 0.2) is 0 Å². The Balaban J connectivity index is 1.77. The number of fused-ring (bicyclic) bond motifs is 5. The molecule has 3 atom stereocenters. The highest BCUT2D eigenvalue weighted by Crippen LogP contribution is 2.40. The van der Waals surface area contributed by atoms with E-state index < -0.39 is 5.82 Å². The van der Waals surface area contributed by atoms with Crippen LogP contribution in [0.4, 0.5) is 10.2 Å². The number of anilines is 1. The quantitative estimate of drug-likeness (QED) is 0.879. The number of aromatic nitrogens is 3. The van der Waals surface area contributed by atoms with E-state index in [1.807, 2.05) is 6.92 Å². The van der Waals surface area contributed by atoms with E-state index in [0.29, 0.717) is 42.4 Å². The number of nitrogens with zero attached hydrogens (tertiary/aromatic N) is 4. The molecule has 8 heteroatoms. The molecule has 5 rings (SSSR count). The lowest BCUT2D eigenvalue weighted by Gasteiger charge is -2.43. The third kappa shape index (κ3) is 2.31. The van der Waals surface area contributed by atoms with E-state index in [-0.39, 0.29) is 23.3 Å². The SMILES string of the molecule is CCOc1nc2c3c(nc(C)c(F)c3n1)OCCC1C3CCC(CN21)N3. The molecule has 2 aromatic heterocycles. The zero-order valence-electron chi connectivity index (χ0n) is 15.0. The molecule has 138 valence electrons. The second kappa shape index (κ2) is 5.90. The van der Waals surface area contributed by atoms with Crippen LogP contribution in [0.3, 0.4) is 0 Å². The molecule has 3 aliphatic heterocycles. The molecular weight excluding hydrogens is 337 g/mol. The van der Waals surface area contributed by atoms with E-state index in [9.17, 15) is 4.39 Å². The van der Waals surface area contributed by atoms with Gasteiger partial charge in [0.2, 0.25) is 5.88 Å². The van der Waals surface area contributed by atoms with Crippen LogP contribution in [-0.4, -0.2) is 52.8 Å². The summed E-state index contributed by atoms with van der Waals surface area (Å²) in [6, 6.07) is 1.31. The Morgan fingerprint density at radius 3 is 3.00 bits per heavy atom. The molecule has 3 unspecified atom stereocenters. The number of hydrogen-bond acceptors (Lipinski definition) is 7. The Bertz CT molecular complexity index is 877. The standard InChI is InChI=1S/C18H22FN5O2/c1-3-25-18-22-15-13-16(23-18)24-8-10-4-5-11(21-10)12(24)6-7-26-17(13)20-9(2)14(15)19/h10-12,21H,3-8H2,1-2H3. The number of piperazine rings is 1. The second-order valence-electron chi connectivity index (χ2n) is 7.21. The lowest BCUT2D eigenvalue weighted by molar-refractivity contribution is 0.255. The van der Waals surface area contributed by atoms with Crippen LogP contribution in [-0.2, 0) is 0 Å². The Labute approximate surface area is 150 Å². The molecule has 2 aromatic rings. The number of aryl methyl sites for hydroxylation is 1. The van der Waals surface area contributed by atoms with Crippen LogP contribution in [0.1, 0.15) is 31.9 Å². The average molecular weight is 359 g/mol. The number of nitrogens with one attached hydrogen (secondary N) is 1. The van der Waals surface area contributed by atoms with Gasteiger partial charge in [-0.1, -0.05) is 0 Å². The van der Waals surface area contributed by atoms with Crippen LogP contribution >= 0.6 is 0 Å². The number of rotatable bonds is 2. The van der Waals surface area contributed by atoms with Crippen molar-refractivity contribution < 1.29 is 13.9 Å². The molecule has 0 spiro atoms. The molecule has 3 aliphatic rings. The topological polar surface area (TPSA) is 72.4 Å². The smallest absolute Gasteiger partial charge is 0.319 e. The van der Waals surface area contributed by atoms with E-state index in [4.69, 9.17) is 9.47 Å². The number of halogens is 1. The van der Waals surface area contributed by atoms with E-state index in [1.54, 1.807) is 6.92 Å². The minimum atomic E-state index is -0.438. The summed E-state index contributed by atoms with van der Waals surface area (Å²) in [4.78, 5) is 15.6. The predicted molar refractivity (Wildman–Crippen MR) is 94.4 cm³/mol. The van der Waals surface area contributed by atoms with Crippen LogP contribution < -0.4 is 19.7 Å². The maximum Gasteiger partial charge on any atom is 0.319 e. The summed E-state index contributed by atoms with van der Waals surface area (Å²) in [6.45, 7) is 5.31. The number of pyridine rings is 1. The lowest BCUT2D eigenvalue weighted by Crippen LogP contribution is -2.59. The Kier molecular flexibility index (Phi) is 3.63. The first-order valence-corrected chi connectivity index (χ1v) is 9.32. The molecule has 1 N–H and O–H groups in total. The zero-order valence-corrected chi connectivity index (χ0v) is 15.0. The largest absolute Gasteiger partial charge is 0.477 e. The van der Waals surface area contributed by atoms with Crippen LogP contribution in [0.2, 0.25) is 0 Å². The maximum absolute atomic E-state index is 14.9. The third-order valence-electron chi connectivity index (χ3n) is 5.63. The van der Waals surface area contributed by atoms with Gasteiger partial charge < -0.3 is 19.7 Å². The fourth-order valence-corrected chi connectivity index (χ4v) is 4.48. The van der Waals surface area contributed by atoms with Crippen LogP contribution in [0.25, 0.3) is 10.9 Å². The minimum Gasteiger partial charge on any atom is -0.477 e. The van der Waals surface area contributed by atoms with Crippen molar-refractivity contribution in [3.05, 3.63) is 11.5 Å². The summed E-state index contributed by atoms with van der Waals surface area (Å²) < 4.78 is 26.4. The fourth-order valence-electron chi connectivity index (χ4n) is 4.48. The minimum absolute atomic E-state index is 0.204. The van der Waals surface area contributed by atoms with Gasteiger partial charge in [-0.05, 0) is 26.7 Å². The summed E-state index contributed by atoms with van der Waals surface area (Å²) in [5.74, 6) is 0.663. The molecule has 2 saturated heterocycles. The van der Waals surface area contributed by atoms with E-state index in [1.165, 1.54) is 0 Å². The molecule has 0 radical (unpaired) electrons. The van der Waals surface area contributed by atoms with Gasteiger partial charge in [-0.3, -0.25) is 0 Å². The number of ether oxygens (including phenoxy) is 2. The Hall–Kier alpha value is -2.22. The van der Waals surface area contributed by atoms with Gasteiger partial charge in [-0.25, -0.2) is 9.37 Å². The van der Waals surface area contributed by atoms with Crippen molar-refractivity contribution in [3.8, 4) is 11.9 Å². The average Bonchev–Trinajstić information content (AvgIpc) is 3.01. The Morgan fingerprint density at radius 1 is 1.27 bits per heavy atom. The second-order valence-corrected chi connectivity index (χ2v) is 7.21. The van der Waals surface area contributed by atoms with Gasteiger partial charge >= 0.3 is 6.01 Å². The van der Waals surface area contributed by atoms with Crippen molar-refractivity contribution in [2.24, 2.45) is 0 Å². The molecule has 0 aromatic carbocycles. The van der Waals surface area contributed by atoms with E-state index >= 15 is 0 Å². The molecule has 26 heavy (non-hydrogen) atoms. The predicted octanol–water partition coefficient (Wildman–Crippen LogP) is 1.96. The van der Waals surface area contributed by atoms with Gasteiger partial charge in [0.1, 0.15) is 16.7 Å². The maximum atomic E-state index is 14.9. The van der Waals surface area contributed by atoms with Gasteiger partial charge in [-0.2, -0.15) is 9.97 Å². The monoisotopic (exact) mass is 359 g/mol.